The van der Waals surface area contributed by atoms with Crippen molar-refractivity contribution >= 4 is 11.9 Å². The zero-order chi connectivity index (χ0) is 21.6. The van der Waals surface area contributed by atoms with Gasteiger partial charge in [0.15, 0.2) is 12.4 Å². The molecule has 1 heterocycles. The van der Waals surface area contributed by atoms with Gasteiger partial charge in [-0.05, 0) is 11.4 Å². The number of azide groups is 1. The van der Waals surface area contributed by atoms with Gasteiger partial charge in [0.2, 0.25) is 0 Å². The standard InChI is InChI=1S/C18H31N3O8/c1-12-13(2)17(28-15(4)23)18(29-16(12)11-27-14(3)22)26-10-9-25-8-7-24-6-5-20-21-19/h12-13,16-18H,5-11H2,1-4H3. The highest BCUT2D eigenvalue weighted by Gasteiger charge is 2.44. The van der Waals surface area contributed by atoms with Crippen molar-refractivity contribution in [1.29, 1.82) is 0 Å². The lowest BCUT2D eigenvalue weighted by atomic mass is 9.83. The minimum Gasteiger partial charge on any atom is -0.463 e. The maximum Gasteiger partial charge on any atom is 0.303 e. The number of carbonyl (C=O) groups excluding carboxylic acids is 2. The average molecular weight is 417 g/mol. The molecule has 0 bridgehead atoms. The summed E-state index contributed by atoms with van der Waals surface area (Å²) in [5.74, 6) is -0.859. The van der Waals surface area contributed by atoms with Gasteiger partial charge in [0, 0.05) is 31.2 Å². The molecular weight excluding hydrogens is 386 g/mol. The Morgan fingerprint density at radius 2 is 1.66 bits per heavy atom. The Kier molecular flexibility index (Phi) is 12.2. The van der Waals surface area contributed by atoms with Gasteiger partial charge in [-0.1, -0.05) is 19.0 Å². The summed E-state index contributed by atoms with van der Waals surface area (Å²) in [6.07, 6.45) is -1.72. The zero-order valence-electron chi connectivity index (χ0n) is 17.4. The van der Waals surface area contributed by atoms with E-state index in [9.17, 15) is 9.59 Å². The zero-order valence-corrected chi connectivity index (χ0v) is 17.4. The molecule has 0 aromatic carbocycles. The summed E-state index contributed by atoms with van der Waals surface area (Å²) < 4.78 is 32.8. The van der Waals surface area contributed by atoms with E-state index in [0.717, 1.165) is 0 Å². The molecule has 0 aromatic rings. The molecule has 0 spiro atoms. The minimum absolute atomic E-state index is 0.00248. The number of nitrogens with zero attached hydrogens (tertiary/aromatic N) is 3. The molecule has 0 N–H and O–H groups in total. The van der Waals surface area contributed by atoms with E-state index >= 15 is 0 Å². The van der Waals surface area contributed by atoms with Crippen LogP contribution in [0.3, 0.4) is 0 Å². The first-order chi connectivity index (χ1) is 13.9. The van der Waals surface area contributed by atoms with Crippen LogP contribution in [0.25, 0.3) is 10.4 Å². The molecule has 1 saturated heterocycles. The van der Waals surface area contributed by atoms with Crippen LogP contribution in [0.4, 0.5) is 0 Å². The van der Waals surface area contributed by atoms with Crippen LogP contribution in [0, 0.1) is 11.8 Å². The summed E-state index contributed by atoms with van der Waals surface area (Å²) in [5, 5.41) is 3.36. The molecular formula is C18H31N3O8. The predicted molar refractivity (Wildman–Crippen MR) is 101 cm³/mol. The molecule has 1 rings (SSSR count). The fourth-order valence-electron chi connectivity index (χ4n) is 2.83. The van der Waals surface area contributed by atoms with Crippen LogP contribution in [-0.2, 0) is 38.0 Å². The monoisotopic (exact) mass is 417 g/mol. The molecule has 11 nitrogen and oxygen atoms in total. The van der Waals surface area contributed by atoms with Gasteiger partial charge in [0.05, 0.1) is 39.1 Å². The van der Waals surface area contributed by atoms with Crippen molar-refractivity contribution in [2.45, 2.75) is 46.2 Å². The Morgan fingerprint density at radius 3 is 2.28 bits per heavy atom. The molecule has 29 heavy (non-hydrogen) atoms. The van der Waals surface area contributed by atoms with Crippen LogP contribution >= 0.6 is 0 Å². The van der Waals surface area contributed by atoms with Crippen molar-refractivity contribution < 1.29 is 38.0 Å². The summed E-state index contributed by atoms with van der Waals surface area (Å²) in [4.78, 5) is 25.2. The predicted octanol–water partition coefficient (Wildman–Crippen LogP) is 1.84. The van der Waals surface area contributed by atoms with Crippen LogP contribution in [0.15, 0.2) is 5.11 Å². The fourth-order valence-corrected chi connectivity index (χ4v) is 2.83. The van der Waals surface area contributed by atoms with Gasteiger partial charge in [-0.25, -0.2) is 0 Å². The minimum atomic E-state index is -0.783. The summed E-state index contributed by atoms with van der Waals surface area (Å²) in [7, 11) is 0. The molecule has 0 amide bonds. The SMILES string of the molecule is CC(=O)OCC1OC(OCCOCCOCCN=[N+]=[N-])C(OC(C)=O)C(C)C1C. The topological polar surface area (TPSA) is 138 Å². The summed E-state index contributed by atoms with van der Waals surface area (Å²) in [6.45, 7) is 8.56. The number of esters is 2. The number of rotatable bonds is 13. The lowest BCUT2D eigenvalue weighted by Gasteiger charge is -2.43. The molecule has 5 unspecified atom stereocenters. The highest BCUT2D eigenvalue weighted by Crippen LogP contribution is 2.33. The van der Waals surface area contributed by atoms with Crippen LogP contribution in [-0.4, -0.2) is 76.6 Å². The third-order valence-corrected chi connectivity index (χ3v) is 4.54. The maximum absolute atomic E-state index is 11.5. The van der Waals surface area contributed by atoms with Crippen LogP contribution in [0.5, 0.6) is 0 Å². The first kappa shape index (κ1) is 25.1. The van der Waals surface area contributed by atoms with Crippen LogP contribution < -0.4 is 0 Å². The smallest absolute Gasteiger partial charge is 0.303 e. The highest BCUT2D eigenvalue weighted by atomic mass is 16.7. The van der Waals surface area contributed by atoms with Crippen molar-refractivity contribution in [1.82, 2.24) is 0 Å². The van der Waals surface area contributed by atoms with Crippen molar-refractivity contribution in [2.75, 3.05) is 46.2 Å². The van der Waals surface area contributed by atoms with E-state index in [1.807, 2.05) is 13.8 Å². The number of ether oxygens (including phenoxy) is 6. The van der Waals surface area contributed by atoms with Crippen molar-refractivity contribution in [3.05, 3.63) is 10.4 Å². The third-order valence-electron chi connectivity index (χ3n) is 4.54. The Hall–Kier alpha value is -1.91. The molecule has 0 saturated carbocycles. The summed E-state index contributed by atoms with van der Waals surface area (Å²) in [6, 6.07) is 0. The molecule has 0 radical (unpaired) electrons. The molecule has 0 aliphatic carbocycles. The second-order valence-electron chi connectivity index (χ2n) is 6.69. The van der Waals surface area contributed by atoms with E-state index in [-0.39, 0.29) is 43.7 Å². The highest BCUT2D eigenvalue weighted by molar-refractivity contribution is 5.66. The van der Waals surface area contributed by atoms with E-state index in [4.69, 9.17) is 34.0 Å². The largest absolute Gasteiger partial charge is 0.463 e. The lowest BCUT2D eigenvalue weighted by molar-refractivity contribution is -0.282. The number of hydrogen-bond acceptors (Lipinski definition) is 9. The molecule has 166 valence electrons. The maximum atomic E-state index is 11.5. The Bertz CT molecular complexity index is 553. The van der Waals surface area contributed by atoms with Crippen molar-refractivity contribution in [3.63, 3.8) is 0 Å². The van der Waals surface area contributed by atoms with E-state index in [1.165, 1.54) is 13.8 Å². The molecule has 1 aliphatic heterocycles. The Labute approximate surface area is 170 Å². The normalized spacial score (nSPS) is 26.4. The van der Waals surface area contributed by atoms with Gasteiger partial charge in [-0.15, -0.1) is 0 Å². The van der Waals surface area contributed by atoms with E-state index in [0.29, 0.717) is 26.4 Å². The number of hydrogen-bond donors (Lipinski definition) is 0. The van der Waals surface area contributed by atoms with Gasteiger partial charge in [-0.2, -0.15) is 0 Å². The van der Waals surface area contributed by atoms with Crippen LogP contribution in [0.1, 0.15) is 27.7 Å². The Morgan fingerprint density at radius 1 is 1.00 bits per heavy atom. The van der Waals surface area contributed by atoms with Gasteiger partial charge in [0.25, 0.3) is 0 Å². The first-order valence-corrected chi connectivity index (χ1v) is 9.60. The summed E-state index contributed by atoms with van der Waals surface area (Å²) in [5.41, 5.74) is 8.15. The van der Waals surface area contributed by atoms with E-state index < -0.39 is 18.4 Å². The van der Waals surface area contributed by atoms with Crippen molar-refractivity contribution in [3.8, 4) is 0 Å². The average Bonchev–Trinajstić information content (AvgIpc) is 2.67. The molecule has 1 aliphatic rings. The number of carbonyl (C=O) groups is 2. The van der Waals surface area contributed by atoms with Gasteiger partial charge in [0.1, 0.15) is 6.61 Å². The molecule has 0 aromatic heterocycles. The van der Waals surface area contributed by atoms with Crippen molar-refractivity contribution in [2.24, 2.45) is 17.0 Å². The molecule has 1 fully saturated rings. The van der Waals surface area contributed by atoms with E-state index in [1.54, 1.807) is 0 Å². The van der Waals surface area contributed by atoms with Crippen LogP contribution in [0.2, 0.25) is 0 Å². The van der Waals surface area contributed by atoms with Gasteiger partial charge < -0.3 is 28.4 Å². The summed E-state index contributed by atoms with van der Waals surface area (Å²) >= 11 is 0. The second kappa shape index (κ2) is 14.1. The lowest BCUT2D eigenvalue weighted by Crippen LogP contribution is -2.53. The van der Waals surface area contributed by atoms with Gasteiger partial charge >= 0.3 is 11.9 Å². The molecule has 5 atom stereocenters. The van der Waals surface area contributed by atoms with E-state index in [2.05, 4.69) is 10.0 Å². The molecule has 11 heteroatoms. The fraction of sp³-hybridized carbons (Fsp3) is 0.889. The first-order valence-electron chi connectivity index (χ1n) is 9.60. The second-order valence-corrected chi connectivity index (χ2v) is 6.69. The third kappa shape index (κ3) is 9.91. The van der Waals surface area contributed by atoms with Gasteiger partial charge in [-0.3, -0.25) is 9.59 Å². The quantitative estimate of drug-likeness (QED) is 0.145. The Balaban J connectivity index is 2.43.